The summed E-state index contributed by atoms with van der Waals surface area (Å²) in [5.41, 5.74) is 2.57. The van der Waals surface area contributed by atoms with Gasteiger partial charge in [0.15, 0.2) is 6.61 Å². The maximum atomic E-state index is 13.2. The number of amides is 2. The van der Waals surface area contributed by atoms with Crippen LogP contribution in [0.2, 0.25) is 0 Å². The van der Waals surface area contributed by atoms with E-state index in [0.717, 1.165) is 19.6 Å². The number of nitrogens with zero attached hydrogens (tertiary/aromatic N) is 2. The zero-order valence-electron chi connectivity index (χ0n) is 17.6. The molecule has 3 rings (SSSR count). The zero-order chi connectivity index (χ0) is 21.5. The van der Waals surface area contributed by atoms with E-state index in [2.05, 4.69) is 31.2 Å². The maximum Gasteiger partial charge on any atom is 0.260 e. The van der Waals surface area contributed by atoms with Gasteiger partial charge in [-0.05, 0) is 19.1 Å². The first-order chi connectivity index (χ1) is 14.4. The molecular formula is C23H29FN3O3+. The Labute approximate surface area is 176 Å². The minimum absolute atomic E-state index is 0.0125. The van der Waals surface area contributed by atoms with Crippen LogP contribution >= 0.6 is 0 Å². The molecule has 0 aliphatic carbocycles. The summed E-state index contributed by atoms with van der Waals surface area (Å²) in [4.78, 5) is 29.4. The number of aryl methyl sites for hydroxylation is 1. The fourth-order valence-corrected chi connectivity index (χ4v) is 3.56. The molecule has 7 heteroatoms. The number of nitrogens with one attached hydrogen (secondary N) is 1. The molecule has 0 spiro atoms. The number of rotatable bonds is 7. The number of benzene rings is 2. The number of hydrogen-bond donors (Lipinski definition) is 1. The van der Waals surface area contributed by atoms with E-state index in [1.807, 2.05) is 4.90 Å². The Bertz CT molecular complexity index is 882. The largest absolute Gasteiger partial charge is 0.484 e. The third kappa shape index (κ3) is 6.29. The van der Waals surface area contributed by atoms with Gasteiger partial charge in [0.25, 0.3) is 5.91 Å². The Morgan fingerprint density at radius 1 is 1.13 bits per heavy atom. The Morgan fingerprint density at radius 3 is 2.57 bits per heavy atom. The predicted octanol–water partition coefficient (Wildman–Crippen LogP) is 0.899. The van der Waals surface area contributed by atoms with E-state index in [1.54, 1.807) is 13.1 Å². The van der Waals surface area contributed by atoms with E-state index < -0.39 is 5.82 Å². The van der Waals surface area contributed by atoms with Crippen LogP contribution in [0.5, 0.6) is 5.75 Å². The Morgan fingerprint density at radius 2 is 1.87 bits per heavy atom. The molecule has 0 atom stereocenters. The van der Waals surface area contributed by atoms with E-state index >= 15 is 0 Å². The van der Waals surface area contributed by atoms with Gasteiger partial charge in [0.1, 0.15) is 18.1 Å². The minimum atomic E-state index is -0.424. The number of carbonyl (C=O) groups excluding carboxylic acids is 2. The molecule has 1 aliphatic rings. The van der Waals surface area contributed by atoms with E-state index in [1.165, 1.54) is 39.1 Å². The van der Waals surface area contributed by atoms with Crippen molar-refractivity contribution in [3.63, 3.8) is 0 Å². The van der Waals surface area contributed by atoms with Gasteiger partial charge in [-0.2, -0.15) is 0 Å². The summed E-state index contributed by atoms with van der Waals surface area (Å²) in [6, 6.07) is 14.1. The van der Waals surface area contributed by atoms with Crippen molar-refractivity contribution in [1.82, 2.24) is 9.80 Å². The third-order valence-electron chi connectivity index (χ3n) is 5.32. The molecule has 0 aromatic heterocycles. The van der Waals surface area contributed by atoms with Gasteiger partial charge in [-0.1, -0.05) is 35.9 Å². The molecule has 1 saturated heterocycles. The molecule has 0 unspecified atom stereocenters. The first-order valence-electron chi connectivity index (χ1n) is 10.2. The minimum Gasteiger partial charge on any atom is -0.484 e. The molecule has 6 nitrogen and oxygen atoms in total. The van der Waals surface area contributed by atoms with Crippen molar-refractivity contribution in [3.05, 3.63) is 65.5 Å². The smallest absolute Gasteiger partial charge is 0.260 e. The number of ether oxygens (including phenoxy) is 1. The number of carbonyl (C=O) groups is 2. The van der Waals surface area contributed by atoms with Crippen LogP contribution < -0.4 is 9.64 Å². The quantitative estimate of drug-likeness (QED) is 0.733. The lowest BCUT2D eigenvalue weighted by Crippen LogP contribution is -3.13. The van der Waals surface area contributed by atoms with Crippen LogP contribution in [0.3, 0.4) is 0 Å². The molecule has 160 valence electrons. The first-order valence-corrected chi connectivity index (χ1v) is 10.2. The van der Waals surface area contributed by atoms with Crippen molar-refractivity contribution < 1.29 is 23.6 Å². The van der Waals surface area contributed by atoms with Crippen LogP contribution in [-0.2, 0) is 16.1 Å². The van der Waals surface area contributed by atoms with E-state index in [4.69, 9.17) is 4.74 Å². The topological polar surface area (TPSA) is 54.3 Å². The van der Waals surface area contributed by atoms with Crippen LogP contribution in [0.1, 0.15) is 11.1 Å². The van der Waals surface area contributed by atoms with Crippen LogP contribution in [-0.4, -0.2) is 68.0 Å². The highest BCUT2D eigenvalue weighted by Gasteiger charge is 2.25. The fraction of sp³-hybridized carbons (Fsp3) is 0.391. The average Bonchev–Trinajstić information content (AvgIpc) is 2.72. The van der Waals surface area contributed by atoms with Crippen LogP contribution in [0.25, 0.3) is 0 Å². The monoisotopic (exact) mass is 414 g/mol. The normalized spacial score (nSPS) is 14.4. The summed E-state index contributed by atoms with van der Waals surface area (Å²) in [5.74, 6) is -0.523. The van der Waals surface area contributed by atoms with Crippen LogP contribution in [0, 0.1) is 12.7 Å². The highest BCUT2D eigenvalue weighted by atomic mass is 19.1. The van der Waals surface area contributed by atoms with E-state index in [9.17, 15) is 14.0 Å². The van der Waals surface area contributed by atoms with Crippen molar-refractivity contribution in [3.8, 4) is 5.75 Å². The van der Waals surface area contributed by atoms with E-state index in [-0.39, 0.29) is 30.7 Å². The molecule has 1 N–H and O–H groups in total. The van der Waals surface area contributed by atoms with Crippen molar-refractivity contribution in [1.29, 1.82) is 0 Å². The number of likely N-dealkylation sites (N-methyl/N-ethyl adjacent to an activating group) is 1. The number of quaternary nitrogens is 1. The van der Waals surface area contributed by atoms with Gasteiger partial charge in [-0.25, -0.2) is 4.39 Å². The highest BCUT2D eigenvalue weighted by Crippen LogP contribution is 2.11. The van der Waals surface area contributed by atoms with Crippen molar-refractivity contribution in [2.24, 2.45) is 0 Å². The molecule has 1 heterocycles. The van der Waals surface area contributed by atoms with Gasteiger partial charge in [-0.3, -0.25) is 9.59 Å². The standard InChI is InChI=1S/C23H28FN3O3/c1-18-5-3-6-19(13-18)15-26-9-11-27(12-10-26)22(28)16-25(2)23(29)17-30-21-8-4-7-20(24)14-21/h3-8,13-14H,9-12,15-17H2,1-2H3/p+1. The molecule has 2 aromatic rings. The molecule has 0 saturated carbocycles. The van der Waals surface area contributed by atoms with Crippen LogP contribution in [0.15, 0.2) is 48.5 Å². The molecule has 2 amide bonds. The molecule has 2 aromatic carbocycles. The Kier molecular flexibility index (Phi) is 7.41. The van der Waals surface area contributed by atoms with Gasteiger partial charge in [0, 0.05) is 18.7 Å². The van der Waals surface area contributed by atoms with E-state index in [0.29, 0.717) is 13.1 Å². The second-order valence-corrected chi connectivity index (χ2v) is 7.79. The van der Waals surface area contributed by atoms with Gasteiger partial charge in [0.2, 0.25) is 5.91 Å². The summed E-state index contributed by atoms with van der Waals surface area (Å²) < 4.78 is 18.5. The summed E-state index contributed by atoms with van der Waals surface area (Å²) in [5, 5.41) is 0. The number of piperazine rings is 1. The van der Waals surface area contributed by atoms with Gasteiger partial charge in [0.05, 0.1) is 32.7 Å². The molecule has 30 heavy (non-hydrogen) atoms. The fourth-order valence-electron chi connectivity index (χ4n) is 3.56. The number of hydrogen-bond acceptors (Lipinski definition) is 3. The summed E-state index contributed by atoms with van der Waals surface area (Å²) in [7, 11) is 1.58. The van der Waals surface area contributed by atoms with Crippen LogP contribution in [0.4, 0.5) is 4.39 Å². The lowest BCUT2D eigenvalue weighted by Gasteiger charge is -2.33. The summed E-state index contributed by atoms with van der Waals surface area (Å²) >= 11 is 0. The van der Waals surface area contributed by atoms with Gasteiger partial charge in [-0.15, -0.1) is 0 Å². The molecule has 0 radical (unpaired) electrons. The summed E-state index contributed by atoms with van der Waals surface area (Å²) in [6.07, 6.45) is 0. The lowest BCUT2D eigenvalue weighted by molar-refractivity contribution is -0.917. The first kappa shape index (κ1) is 21.8. The maximum absolute atomic E-state index is 13.2. The molecule has 1 aliphatic heterocycles. The van der Waals surface area contributed by atoms with Gasteiger partial charge >= 0.3 is 0 Å². The molecule has 0 bridgehead atoms. The molecule has 1 fully saturated rings. The van der Waals surface area contributed by atoms with Crippen molar-refractivity contribution in [2.45, 2.75) is 13.5 Å². The predicted molar refractivity (Wildman–Crippen MR) is 112 cm³/mol. The lowest BCUT2D eigenvalue weighted by atomic mass is 10.1. The van der Waals surface area contributed by atoms with Gasteiger partial charge < -0.3 is 19.4 Å². The SMILES string of the molecule is Cc1cccc(C[NH+]2CCN(C(=O)CN(C)C(=O)COc3cccc(F)c3)CC2)c1. The zero-order valence-corrected chi connectivity index (χ0v) is 17.6. The second kappa shape index (κ2) is 10.2. The third-order valence-corrected chi connectivity index (χ3v) is 5.32. The Balaban J connectivity index is 1.40. The number of halogens is 1. The second-order valence-electron chi connectivity index (χ2n) is 7.79. The van der Waals surface area contributed by atoms with Crippen molar-refractivity contribution >= 4 is 11.8 Å². The van der Waals surface area contributed by atoms with Crippen molar-refractivity contribution in [2.75, 3.05) is 46.4 Å². The summed E-state index contributed by atoms with van der Waals surface area (Å²) in [6.45, 7) is 5.97. The Hall–Kier alpha value is -2.93. The average molecular weight is 415 g/mol. The molecular weight excluding hydrogens is 385 g/mol. The highest BCUT2D eigenvalue weighted by molar-refractivity contribution is 5.85.